The third kappa shape index (κ3) is 3.03. The largest absolute Gasteiger partial charge is 0.497 e. The highest BCUT2D eigenvalue weighted by Crippen LogP contribution is 2.23. The van der Waals surface area contributed by atoms with Crippen LogP contribution >= 0.6 is 0 Å². The molecule has 6 heteroatoms. The van der Waals surface area contributed by atoms with E-state index in [1.807, 2.05) is 31.2 Å². The maximum Gasteiger partial charge on any atom is 0.270 e. The van der Waals surface area contributed by atoms with Crippen LogP contribution in [0.15, 0.2) is 30.3 Å². The maximum atomic E-state index is 11.8. The van der Waals surface area contributed by atoms with Crippen molar-refractivity contribution in [2.75, 3.05) is 19.4 Å². The molecule has 2 aromatic rings. The van der Waals surface area contributed by atoms with Crippen LogP contribution in [0.2, 0.25) is 0 Å². The molecular weight excluding hydrogens is 256 g/mol. The van der Waals surface area contributed by atoms with Crippen molar-refractivity contribution in [2.45, 2.75) is 6.92 Å². The van der Waals surface area contributed by atoms with Gasteiger partial charge in [0.25, 0.3) is 5.91 Å². The topological polar surface area (TPSA) is 90.1 Å². The van der Waals surface area contributed by atoms with Gasteiger partial charge in [-0.15, -0.1) is 0 Å². The molecule has 104 valence electrons. The van der Waals surface area contributed by atoms with Gasteiger partial charge in [-0.2, -0.15) is 0 Å². The quantitative estimate of drug-likeness (QED) is 0.880. The summed E-state index contributed by atoms with van der Waals surface area (Å²) in [6, 6.07) is 8.97. The molecule has 0 unspecified atom stereocenters. The third-order valence-electron chi connectivity index (χ3n) is 2.68. The van der Waals surface area contributed by atoms with Gasteiger partial charge in [-0.05, 0) is 25.1 Å². The van der Waals surface area contributed by atoms with Crippen LogP contribution in [0.5, 0.6) is 5.75 Å². The van der Waals surface area contributed by atoms with Crippen molar-refractivity contribution in [2.24, 2.45) is 0 Å². The van der Waals surface area contributed by atoms with Gasteiger partial charge >= 0.3 is 0 Å². The van der Waals surface area contributed by atoms with E-state index < -0.39 is 0 Å². The smallest absolute Gasteiger partial charge is 0.270 e. The van der Waals surface area contributed by atoms with Crippen LogP contribution in [0.1, 0.15) is 17.4 Å². The van der Waals surface area contributed by atoms with Crippen molar-refractivity contribution in [3.8, 4) is 17.0 Å². The number of benzene rings is 1. The fourth-order valence-electron chi connectivity index (χ4n) is 1.76. The number of nitrogens with two attached hydrogens (primary N) is 1. The van der Waals surface area contributed by atoms with E-state index in [-0.39, 0.29) is 17.5 Å². The first kappa shape index (κ1) is 13.8. The Morgan fingerprint density at radius 2 is 2.15 bits per heavy atom. The average molecular weight is 272 g/mol. The van der Waals surface area contributed by atoms with Crippen LogP contribution in [0.3, 0.4) is 0 Å². The molecule has 0 aliphatic heterocycles. The molecule has 3 N–H and O–H groups in total. The van der Waals surface area contributed by atoms with Crippen LogP contribution < -0.4 is 15.8 Å². The van der Waals surface area contributed by atoms with E-state index in [0.29, 0.717) is 18.0 Å². The summed E-state index contributed by atoms with van der Waals surface area (Å²) >= 11 is 0. The van der Waals surface area contributed by atoms with Gasteiger partial charge in [0, 0.05) is 12.1 Å². The predicted molar refractivity (Wildman–Crippen MR) is 76.4 cm³/mol. The van der Waals surface area contributed by atoms with Gasteiger partial charge in [-0.25, -0.2) is 9.97 Å². The number of anilines is 1. The van der Waals surface area contributed by atoms with Crippen LogP contribution in [-0.4, -0.2) is 29.5 Å². The molecule has 0 fully saturated rings. The van der Waals surface area contributed by atoms with Crippen LogP contribution in [-0.2, 0) is 0 Å². The summed E-state index contributed by atoms with van der Waals surface area (Å²) in [5.74, 6) is 0.497. The molecule has 1 aromatic heterocycles. The van der Waals surface area contributed by atoms with Crippen molar-refractivity contribution < 1.29 is 9.53 Å². The number of nitrogens with one attached hydrogen (secondary N) is 1. The second kappa shape index (κ2) is 6.01. The molecule has 6 nitrogen and oxygen atoms in total. The fraction of sp³-hybridized carbons (Fsp3) is 0.214. The fourth-order valence-corrected chi connectivity index (χ4v) is 1.76. The lowest BCUT2D eigenvalue weighted by molar-refractivity contribution is 0.0951. The van der Waals surface area contributed by atoms with Crippen molar-refractivity contribution in [3.63, 3.8) is 0 Å². The van der Waals surface area contributed by atoms with Gasteiger partial charge in [-0.3, -0.25) is 4.79 Å². The lowest BCUT2D eigenvalue weighted by atomic mass is 10.1. The zero-order chi connectivity index (χ0) is 14.5. The maximum absolute atomic E-state index is 11.8. The Hall–Kier alpha value is -2.63. The summed E-state index contributed by atoms with van der Waals surface area (Å²) in [6.07, 6.45) is 0. The van der Waals surface area contributed by atoms with Crippen molar-refractivity contribution in [3.05, 3.63) is 36.0 Å². The van der Waals surface area contributed by atoms with Crippen molar-refractivity contribution in [1.29, 1.82) is 0 Å². The van der Waals surface area contributed by atoms with E-state index >= 15 is 0 Å². The zero-order valence-corrected chi connectivity index (χ0v) is 11.4. The minimum absolute atomic E-state index is 0.0616. The number of aromatic nitrogens is 2. The molecule has 1 aromatic carbocycles. The first-order valence-electron chi connectivity index (χ1n) is 6.21. The molecule has 1 heterocycles. The molecular formula is C14H16N4O2. The molecule has 0 bridgehead atoms. The summed E-state index contributed by atoms with van der Waals surface area (Å²) in [7, 11) is 1.59. The second-order valence-electron chi connectivity index (χ2n) is 4.09. The number of hydrogen-bond donors (Lipinski definition) is 2. The Morgan fingerprint density at radius 3 is 2.85 bits per heavy atom. The van der Waals surface area contributed by atoms with Gasteiger partial charge in [0.2, 0.25) is 5.95 Å². The predicted octanol–water partition coefficient (Wildman–Crippen LogP) is 1.48. The minimum Gasteiger partial charge on any atom is -0.497 e. The zero-order valence-electron chi connectivity index (χ0n) is 11.4. The van der Waals surface area contributed by atoms with Crippen molar-refractivity contribution in [1.82, 2.24) is 15.3 Å². The average Bonchev–Trinajstić information content (AvgIpc) is 2.47. The van der Waals surface area contributed by atoms with E-state index in [0.717, 1.165) is 5.56 Å². The first-order chi connectivity index (χ1) is 9.63. The highest BCUT2D eigenvalue weighted by Gasteiger charge is 2.11. The number of carbonyl (C=O) groups excluding carboxylic acids is 1. The Morgan fingerprint density at radius 1 is 1.35 bits per heavy atom. The lowest BCUT2D eigenvalue weighted by Crippen LogP contribution is -2.24. The molecule has 20 heavy (non-hydrogen) atoms. The van der Waals surface area contributed by atoms with E-state index in [9.17, 15) is 4.79 Å². The molecule has 0 aliphatic carbocycles. The molecule has 0 saturated carbocycles. The van der Waals surface area contributed by atoms with Gasteiger partial charge in [0.15, 0.2) is 0 Å². The summed E-state index contributed by atoms with van der Waals surface area (Å²) in [5.41, 5.74) is 7.31. The van der Waals surface area contributed by atoms with Gasteiger partial charge < -0.3 is 15.8 Å². The number of ether oxygens (including phenoxy) is 1. The van der Waals surface area contributed by atoms with Gasteiger partial charge in [0.05, 0.1) is 12.8 Å². The van der Waals surface area contributed by atoms with Gasteiger partial charge in [-0.1, -0.05) is 12.1 Å². The van der Waals surface area contributed by atoms with E-state index in [2.05, 4.69) is 15.3 Å². The van der Waals surface area contributed by atoms with E-state index in [1.165, 1.54) is 0 Å². The summed E-state index contributed by atoms with van der Waals surface area (Å²) in [5, 5.41) is 2.68. The number of carbonyl (C=O) groups is 1. The number of rotatable bonds is 4. The molecule has 0 aliphatic rings. The monoisotopic (exact) mass is 272 g/mol. The number of nitrogens with zero attached hydrogens (tertiary/aromatic N) is 2. The Bertz CT molecular complexity index is 628. The number of nitrogen functional groups attached to an aromatic ring is 1. The van der Waals surface area contributed by atoms with Crippen LogP contribution in [0, 0.1) is 0 Å². The van der Waals surface area contributed by atoms with E-state index in [4.69, 9.17) is 10.5 Å². The standard InChI is InChI=1S/C14H16N4O2/c1-3-16-13(19)12-8-11(17-14(15)18-12)9-5-4-6-10(7-9)20-2/h4-8H,3H2,1-2H3,(H,16,19)(H2,15,17,18). The minimum atomic E-state index is -0.272. The number of methoxy groups -OCH3 is 1. The summed E-state index contributed by atoms with van der Waals surface area (Å²) < 4.78 is 5.17. The first-order valence-corrected chi connectivity index (χ1v) is 6.21. The van der Waals surface area contributed by atoms with Gasteiger partial charge in [0.1, 0.15) is 11.4 Å². The number of hydrogen-bond acceptors (Lipinski definition) is 5. The second-order valence-corrected chi connectivity index (χ2v) is 4.09. The molecule has 2 rings (SSSR count). The third-order valence-corrected chi connectivity index (χ3v) is 2.68. The Kier molecular flexibility index (Phi) is 4.14. The SMILES string of the molecule is CCNC(=O)c1cc(-c2cccc(OC)c2)nc(N)n1. The van der Waals surface area contributed by atoms with E-state index in [1.54, 1.807) is 13.2 Å². The molecule has 0 atom stereocenters. The Balaban J connectivity index is 2.43. The molecule has 0 radical (unpaired) electrons. The normalized spacial score (nSPS) is 10.1. The summed E-state index contributed by atoms with van der Waals surface area (Å²) in [6.45, 7) is 2.36. The van der Waals surface area contributed by atoms with Crippen molar-refractivity contribution >= 4 is 11.9 Å². The van der Waals surface area contributed by atoms with Crippen LogP contribution in [0.4, 0.5) is 5.95 Å². The molecule has 0 saturated heterocycles. The molecule has 0 spiro atoms. The Labute approximate surface area is 117 Å². The lowest BCUT2D eigenvalue weighted by Gasteiger charge is -2.07. The molecule has 1 amide bonds. The highest BCUT2D eigenvalue weighted by atomic mass is 16.5. The highest BCUT2D eigenvalue weighted by molar-refractivity contribution is 5.93. The van der Waals surface area contributed by atoms with Crippen LogP contribution in [0.25, 0.3) is 11.3 Å². The summed E-state index contributed by atoms with van der Waals surface area (Å²) in [4.78, 5) is 19.9. The number of amides is 1.